The lowest BCUT2D eigenvalue weighted by Gasteiger charge is -2.08. The Morgan fingerprint density at radius 1 is 1.44 bits per heavy atom. The van der Waals surface area contributed by atoms with Crippen LogP contribution in [0.15, 0.2) is 11.4 Å². The molecular weight excluding hydrogens is 246 g/mol. The SMILES string of the molecule is CCNc1nc(OCCC2CC2)c2ccsc2n1. The first-order valence-corrected chi connectivity index (χ1v) is 7.36. The molecule has 3 rings (SSSR count). The molecule has 5 heteroatoms. The second-order valence-corrected chi connectivity index (χ2v) is 5.50. The highest BCUT2D eigenvalue weighted by molar-refractivity contribution is 7.16. The van der Waals surface area contributed by atoms with Crippen molar-refractivity contribution >= 4 is 27.5 Å². The molecular formula is C13H17N3OS. The van der Waals surface area contributed by atoms with Gasteiger partial charge < -0.3 is 10.1 Å². The van der Waals surface area contributed by atoms with Crippen LogP contribution in [-0.4, -0.2) is 23.1 Å². The van der Waals surface area contributed by atoms with Crippen LogP contribution in [0, 0.1) is 5.92 Å². The molecule has 0 aliphatic heterocycles. The predicted octanol–water partition coefficient (Wildman–Crippen LogP) is 3.30. The Morgan fingerprint density at radius 2 is 2.33 bits per heavy atom. The van der Waals surface area contributed by atoms with Crippen molar-refractivity contribution in [3.63, 3.8) is 0 Å². The van der Waals surface area contributed by atoms with E-state index in [1.165, 1.54) is 12.8 Å². The van der Waals surface area contributed by atoms with Gasteiger partial charge in [0, 0.05) is 6.54 Å². The Kier molecular flexibility index (Phi) is 3.32. The first-order valence-electron chi connectivity index (χ1n) is 6.48. The summed E-state index contributed by atoms with van der Waals surface area (Å²) < 4.78 is 5.83. The van der Waals surface area contributed by atoms with Gasteiger partial charge in [-0.05, 0) is 30.7 Å². The second-order valence-electron chi connectivity index (χ2n) is 4.60. The fraction of sp³-hybridized carbons (Fsp3) is 0.538. The Morgan fingerprint density at radius 3 is 3.11 bits per heavy atom. The van der Waals surface area contributed by atoms with Gasteiger partial charge in [-0.25, -0.2) is 4.98 Å². The number of anilines is 1. The van der Waals surface area contributed by atoms with Crippen LogP contribution in [0.25, 0.3) is 10.2 Å². The van der Waals surface area contributed by atoms with E-state index in [9.17, 15) is 0 Å². The maximum absolute atomic E-state index is 5.83. The maximum Gasteiger partial charge on any atom is 0.227 e. The standard InChI is InChI=1S/C13H17N3OS/c1-2-14-13-15-11(17-7-5-9-3-4-9)10-6-8-18-12(10)16-13/h6,8-9H,2-5,7H2,1H3,(H,14,15,16). The van der Waals surface area contributed by atoms with E-state index in [4.69, 9.17) is 4.74 Å². The number of aromatic nitrogens is 2. The van der Waals surface area contributed by atoms with Gasteiger partial charge in [0.15, 0.2) is 0 Å². The van der Waals surface area contributed by atoms with Crippen molar-refractivity contribution in [1.82, 2.24) is 9.97 Å². The van der Waals surface area contributed by atoms with Crippen LogP contribution in [0.5, 0.6) is 5.88 Å². The number of hydrogen-bond acceptors (Lipinski definition) is 5. The third kappa shape index (κ3) is 2.56. The summed E-state index contributed by atoms with van der Waals surface area (Å²) in [5.41, 5.74) is 0. The molecule has 0 saturated heterocycles. The smallest absolute Gasteiger partial charge is 0.227 e. The number of ether oxygens (including phenoxy) is 1. The summed E-state index contributed by atoms with van der Waals surface area (Å²) in [5.74, 6) is 2.27. The molecule has 1 aliphatic carbocycles. The minimum absolute atomic E-state index is 0.661. The average Bonchev–Trinajstić information content (AvgIpc) is 3.05. The van der Waals surface area contributed by atoms with Crippen LogP contribution in [-0.2, 0) is 0 Å². The lowest BCUT2D eigenvalue weighted by Crippen LogP contribution is -2.05. The van der Waals surface area contributed by atoms with E-state index < -0.39 is 0 Å². The summed E-state index contributed by atoms with van der Waals surface area (Å²) in [6.07, 6.45) is 3.87. The van der Waals surface area contributed by atoms with E-state index in [-0.39, 0.29) is 0 Å². The third-order valence-electron chi connectivity index (χ3n) is 3.09. The number of nitrogens with zero attached hydrogens (tertiary/aromatic N) is 2. The molecule has 0 aromatic carbocycles. The molecule has 0 unspecified atom stereocenters. The molecule has 1 saturated carbocycles. The van der Waals surface area contributed by atoms with Crippen molar-refractivity contribution in [2.24, 2.45) is 5.92 Å². The van der Waals surface area contributed by atoms with Gasteiger partial charge in [-0.2, -0.15) is 4.98 Å². The average molecular weight is 263 g/mol. The monoisotopic (exact) mass is 263 g/mol. The number of thiophene rings is 1. The molecule has 0 radical (unpaired) electrons. The molecule has 0 amide bonds. The van der Waals surface area contributed by atoms with Crippen molar-refractivity contribution in [1.29, 1.82) is 0 Å². The highest BCUT2D eigenvalue weighted by atomic mass is 32.1. The van der Waals surface area contributed by atoms with Crippen LogP contribution in [0.3, 0.4) is 0 Å². The first kappa shape index (κ1) is 11.7. The Hall–Kier alpha value is -1.36. The van der Waals surface area contributed by atoms with Crippen LogP contribution in [0.1, 0.15) is 26.2 Å². The Balaban J connectivity index is 1.79. The van der Waals surface area contributed by atoms with E-state index in [2.05, 4.69) is 15.3 Å². The van der Waals surface area contributed by atoms with Gasteiger partial charge >= 0.3 is 0 Å². The highest BCUT2D eigenvalue weighted by Gasteiger charge is 2.21. The van der Waals surface area contributed by atoms with Gasteiger partial charge in [-0.3, -0.25) is 0 Å². The molecule has 1 N–H and O–H groups in total. The summed E-state index contributed by atoms with van der Waals surface area (Å²) >= 11 is 1.62. The topological polar surface area (TPSA) is 47.0 Å². The molecule has 1 aliphatic rings. The zero-order valence-corrected chi connectivity index (χ0v) is 11.3. The minimum atomic E-state index is 0.661. The maximum atomic E-state index is 5.83. The lowest BCUT2D eigenvalue weighted by molar-refractivity contribution is 0.295. The largest absolute Gasteiger partial charge is 0.477 e. The fourth-order valence-corrected chi connectivity index (χ4v) is 2.66. The van der Waals surface area contributed by atoms with Crippen molar-refractivity contribution in [2.45, 2.75) is 26.2 Å². The molecule has 18 heavy (non-hydrogen) atoms. The van der Waals surface area contributed by atoms with Gasteiger partial charge in [0.05, 0.1) is 12.0 Å². The number of rotatable bonds is 6. The molecule has 0 spiro atoms. The molecule has 2 aromatic heterocycles. The van der Waals surface area contributed by atoms with Crippen molar-refractivity contribution in [2.75, 3.05) is 18.5 Å². The fourth-order valence-electron chi connectivity index (χ4n) is 1.90. The van der Waals surface area contributed by atoms with Crippen molar-refractivity contribution in [3.05, 3.63) is 11.4 Å². The van der Waals surface area contributed by atoms with E-state index in [1.807, 2.05) is 18.4 Å². The predicted molar refractivity (Wildman–Crippen MR) is 74.4 cm³/mol. The second kappa shape index (κ2) is 5.10. The van der Waals surface area contributed by atoms with Gasteiger partial charge in [0.25, 0.3) is 0 Å². The van der Waals surface area contributed by atoms with Crippen LogP contribution < -0.4 is 10.1 Å². The molecule has 4 nitrogen and oxygen atoms in total. The summed E-state index contributed by atoms with van der Waals surface area (Å²) in [6.45, 7) is 3.62. The molecule has 2 heterocycles. The number of hydrogen-bond donors (Lipinski definition) is 1. The van der Waals surface area contributed by atoms with Gasteiger partial charge in [0.2, 0.25) is 11.8 Å². The lowest BCUT2D eigenvalue weighted by atomic mass is 10.3. The van der Waals surface area contributed by atoms with E-state index >= 15 is 0 Å². The van der Waals surface area contributed by atoms with E-state index in [1.54, 1.807) is 11.3 Å². The van der Waals surface area contributed by atoms with E-state index in [0.717, 1.165) is 41.6 Å². The minimum Gasteiger partial charge on any atom is -0.477 e. The highest BCUT2D eigenvalue weighted by Crippen LogP contribution is 2.33. The Labute approximate surface area is 110 Å². The first-order chi connectivity index (χ1) is 8.86. The van der Waals surface area contributed by atoms with Crippen molar-refractivity contribution in [3.8, 4) is 5.88 Å². The number of nitrogens with one attached hydrogen (secondary N) is 1. The van der Waals surface area contributed by atoms with Gasteiger partial charge in [-0.1, -0.05) is 12.8 Å². The molecule has 0 atom stereocenters. The summed E-state index contributed by atoms with van der Waals surface area (Å²) in [7, 11) is 0. The summed E-state index contributed by atoms with van der Waals surface area (Å²) in [6, 6.07) is 2.03. The molecule has 0 bridgehead atoms. The van der Waals surface area contributed by atoms with Crippen LogP contribution in [0.4, 0.5) is 5.95 Å². The third-order valence-corrected chi connectivity index (χ3v) is 3.89. The van der Waals surface area contributed by atoms with E-state index in [0.29, 0.717) is 5.95 Å². The normalized spacial score (nSPS) is 14.9. The van der Waals surface area contributed by atoms with Crippen LogP contribution in [0.2, 0.25) is 0 Å². The molecule has 2 aromatic rings. The van der Waals surface area contributed by atoms with Crippen LogP contribution >= 0.6 is 11.3 Å². The van der Waals surface area contributed by atoms with Crippen molar-refractivity contribution < 1.29 is 4.74 Å². The number of fused-ring (bicyclic) bond motifs is 1. The Bertz CT molecular complexity index is 536. The summed E-state index contributed by atoms with van der Waals surface area (Å²) in [5, 5.41) is 6.20. The quantitative estimate of drug-likeness (QED) is 0.868. The van der Waals surface area contributed by atoms with Gasteiger partial charge in [-0.15, -0.1) is 11.3 Å². The zero-order valence-electron chi connectivity index (χ0n) is 10.5. The van der Waals surface area contributed by atoms with Gasteiger partial charge in [0.1, 0.15) is 4.83 Å². The summed E-state index contributed by atoms with van der Waals surface area (Å²) in [4.78, 5) is 9.89. The molecule has 96 valence electrons. The zero-order chi connectivity index (χ0) is 12.4. The molecule has 1 fully saturated rings.